The van der Waals surface area contributed by atoms with Crippen LogP contribution >= 0.6 is 11.6 Å². The summed E-state index contributed by atoms with van der Waals surface area (Å²) in [5.74, 6) is -0.330. The Morgan fingerprint density at radius 3 is 2.71 bits per heavy atom. The molecule has 0 radical (unpaired) electrons. The lowest BCUT2D eigenvalue weighted by Crippen LogP contribution is -2.38. The van der Waals surface area contributed by atoms with Gasteiger partial charge in [-0.1, -0.05) is 29.8 Å². The van der Waals surface area contributed by atoms with E-state index in [1.807, 2.05) is 31.2 Å². The summed E-state index contributed by atoms with van der Waals surface area (Å²) in [5, 5.41) is 16.3. The van der Waals surface area contributed by atoms with Crippen LogP contribution < -0.4 is 10.6 Å². The van der Waals surface area contributed by atoms with Crippen molar-refractivity contribution < 1.29 is 9.50 Å². The van der Waals surface area contributed by atoms with Crippen molar-refractivity contribution in [2.75, 3.05) is 13.1 Å². The van der Waals surface area contributed by atoms with Gasteiger partial charge in [0, 0.05) is 18.1 Å². The number of nitrogens with one attached hydrogen (secondary N) is 2. The van der Waals surface area contributed by atoms with Gasteiger partial charge < -0.3 is 15.7 Å². The van der Waals surface area contributed by atoms with Crippen molar-refractivity contribution in [2.45, 2.75) is 19.9 Å². The van der Waals surface area contributed by atoms with E-state index in [2.05, 4.69) is 15.6 Å². The molecule has 2 rings (SSSR count). The molecule has 6 heteroatoms. The van der Waals surface area contributed by atoms with Crippen LogP contribution in [0.1, 0.15) is 18.1 Å². The van der Waals surface area contributed by atoms with Gasteiger partial charge in [0.05, 0.1) is 6.54 Å². The fourth-order valence-corrected chi connectivity index (χ4v) is 2.39. The van der Waals surface area contributed by atoms with Gasteiger partial charge in [-0.3, -0.25) is 0 Å². The molecule has 3 N–H and O–H groups in total. The first-order chi connectivity index (χ1) is 11.6. The zero-order valence-corrected chi connectivity index (χ0v) is 14.3. The number of nitrogens with zero attached hydrogens (tertiary/aromatic N) is 1. The van der Waals surface area contributed by atoms with Crippen LogP contribution in [-0.4, -0.2) is 24.2 Å². The summed E-state index contributed by atoms with van der Waals surface area (Å²) in [6.45, 7) is 3.74. The first kappa shape index (κ1) is 18.1. The fraction of sp³-hybridized carbons (Fsp3) is 0.278. The topological polar surface area (TPSA) is 56.7 Å². The van der Waals surface area contributed by atoms with Gasteiger partial charge in [-0.25, -0.2) is 9.38 Å². The Hall–Kier alpha value is -2.27. The number of hydrogen-bond donors (Lipinski definition) is 3. The van der Waals surface area contributed by atoms with Gasteiger partial charge in [-0.2, -0.15) is 0 Å². The molecule has 0 aliphatic heterocycles. The van der Waals surface area contributed by atoms with E-state index in [0.717, 1.165) is 23.6 Å². The predicted octanol–water partition coefficient (Wildman–Crippen LogP) is 3.48. The van der Waals surface area contributed by atoms with Crippen LogP contribution in [0.15, 0.2) is 47.5 Å². The van der Waals surface area contributed by atoms with E-state index in [9.17, 15) is 9.50 Å². The molecule has 0 amide bonds. The first-order valence-electron chi connectivity index (χ1n) is 7.82. The van der Waals surface area contributed by atoms with Crippen LogP contribution in [-0.2, 0) is 13.0 Å². The molecule has 0 fully saturated rings. The Kier molecular flexibility index (Phi) is 6.88. The van der Waals surface area contributed by atoms with Crippen LogP contribution in [0.4, 0.5) is 4.39 Å². The molecule has 0 saturated carbocycles. The van der Waals surface area contributed by atoms with Crippen LogP contribution in [0.25, 0.3) is 0 Å². The van der Waals surface area contributed by atoms with E-state index in [4.69, 9.17) is 11.6 Å². The number of phenols is 1. The lowest BCUT2D eigenvalue weighted by atomic mass is 10.1. The zero-order valence-electron chi connectivity index (χ0n) is 13.5. The van der Waals surface area contributed by atoms with E-state index in [0.29, 0.717) is 24.6 Å². The monoisotopic (exact) mass is 349 g/mol. The van der Waals surface area contributed by atoms with Crippen LogP contribution in [0, 0.1) is 5.82 Å². The third kappa shape index (κ3) is 5.74. The minimum Gasteiger partial charge on any atom is -0.505 e. The summed E-state index contributed by atoms with van der Waals surface area (Å²) >= 11 is 5.97. The Morgan fingerprint density at radius 1 is 1.17 bits per heavy atom. The molecule has 24 heavy (non-hydrogen) atoms. The molecule has 0 aromatic heterocycles. The molecule has 0 saturated heterocycles. The number of aromatic hydroxyl groups is 1. The molecule has 0 aliphatic carbocycles. The summed E-state index contributed by atoms with van der Waals surface area (Å²) in [6, 6.07) is 12.0. The summed E-state index contributed by atoms with van der Waals surface area (Å²) in [6.07, 6.45) is 0.818. The highest BCUT2D eigenvalue weighted by atomic mass is 35.5. The Balaban J connectivity index is 1.91. The Bertz CT molecular complexity index is 706. The largest absolute Gasteiger partial charge is 0.505 e. The predicted molar refractivity (Wildman–Crippen MR) is 96.0 cm³/mol. The molecule has 0 heterocycles. The maximum atomic E-state index is 13.3. The van der Waals surface area contributed by atoms with E-state index in [1.54, 1.807) is 6.07 Å². The molecule has 2 aromatic carbocycles. The number of phenolic OH excluding ortho intramolecular Hbond substituents is 1. The maximum absolute atomic E-state index is 13.3. The third-order valence-electron chi connectivity index (χ3n) is 3.37. The average molecular weight is 350 g/mol. The highest BCUT2D eigenvalue weighted by Gasteiger charge is 2.02. The molecule has 0 aliphatic rings. The van der Waals surface area contributed by atoms with Crippen LogP contribution in [0.3, 0.4) is 0 Å². The van der Waals surface area contributed by atoms with Gasteiger partial charge in [0.25, 0.3) is 0 Å². The van der Waals surface area contributed by atoms with Crippen molar-refractivity contribution in [3.8, 4) is 5.75 Å². The molecule has 0 bridgehead atoms. The molecule has 2 aromatic rings. The lowest BCUT2D eigenvalue weighted by molar-refractivity contribution is 0.432. The lowest BCUT2D eigenvalue weighted by Gasteiger charge is -2.11. The second kappa shape index (κ2) is 9.13. The molecule has 128 valence electrons. The minimum atomic E-state index is -0.637. The third-order valence-corrected chi connectivity index (χ3v) is 3.61. The number of guanidine groups is 1. The molecule has 0 atom stereocenters. The second-order valence-corrected chi connectivity index (χ2v) is 5.72. The standard InChI is InChI=1S/C18H21ClFN3O/c1-2-21-18(22-9-8-13-4-3-5-15(19)10-13)23-12-14-6-7-17(24)16(20)11-14/h3-7,10-11,24H,2,8-9,12H2,1H3,(H2,21,22,23). The Labute approximate surface area is 146 Å². The van der Waals surface area contributed by atoms with Gasteiger partial charge in [0.2, 0.25) is 0 Å². The number of aliphatic imine (C=N–C) groups is 1. The van der Waals surface area contributed by atoms with Crippen molar-refractivity contribution >= 4 is 17.6 Å². The maximum Gasteiger partial charge on any atom is 0.191 e. The van der Waals surface area contributed by atoms with Crippen molar-refractivity contribution in [3.05, 3.63) is 64.4 Å². The summed E-state index contributed by atoms with van der Waals surface area (Å²) < 4.78 is 13.3. The quantitative estimate of drug-likeness (QED) is 0.553. The van der Waals surface area contributed by atoms with E-state index >= 15 is 0 Å². The smallest absolute Gasteiger partial charge is 0.191 e. The minimum absolute atomic E-state index is 0.323. The van der Waals surface area contributed by atoms with Crippen molar-refractivity contribution in [1.82, 2.24) is 10.6 Å². The molecule has 0 spiro atoms. The molecular weight excluding hydrogens is 329 g/mol. The second-order valence-electron chi connectivity index (χ2n) is 5.29. The van der Waals surface area contributed by atoms with Crippen LogP contribution in [0.5, 0.6) is 5.75 Å². The van der Waals surface area contributed by atoms with Gasteiger partial charge in [0.15, 0.2) is 17.5 Å². The molecular formula is C18H21ClFN3O. The average Bonchev–Trinajstić information content (AvgIpc) is 2.56. The van der Waals surface area contributed by atoms with Gasteiger partial charge >= 0.3 is 0 Å². The SMILES string of the molecule is CCNC(=NCc1ccc(O)c(F)c1)NCCc1cccc(Cl)c1. The van der Waals surface area contributed by atoms with Gasteiger partial charge in [-0.05, 0) is 48.7 Å². The molecule has 0 unspecified atom stereocenters. The summed E-state index contributed by atoms with van der Waals surface area (Å²) in [7, 11) is 0. The highest BCUT2D eigenvalue weighted by molar-refractivity contribution is 6.30. The number of benzene rings is 2. The van der Waals surface area contributed by atoms with Gasteiger partial charge in [-0.15, -0.1) is 0 Å². The fourth-order valence-electron chi connectivity index (χ4n) is 2.18. The summed E-state index contributed by atoms with van der Waals surface area (Å²) in [5.41, 5.74) is 1.84. The molecule has 4 nitrogen and oxygen atoms in total. The van der Waals surface area contributed by atoms with Crippen molar-refractivity contribution in [1.29, 1.82) is 0 Å². The number of halogens is 2. The normalized spacial score (nSPS) is 11.4. The highest BCUT2D eigenvalue weighted by Crippen LogP contribution is 2.16. The number of hydrogen-bond acceptors (Lipinski definition) is 2. The van der Waals surface area contributed by atoms with E-state index in [-0.39, 0.29) is 5.75 Å². The van der Waals surface area contributed by atoms with Crippen molar-refractivity contribution in [3.63, 3.8) is 0 Å². The summed E-state index contributed by atoms with van der Waals surface area (Å²) in [4.78, 5) is 4.42. The van der Waals surface area contributed by atoms with Crippen LogP contribution in [0.2, 0.25) is 5.02 Å². The van der Waals surface area contributed by atoms with Crippen molar-refractivity contribution in [2.24, 2.45) is 4.99 Å². The first-order valence-corrected chi connectivity index (χ1v) is 8.20. The number of rotatable bonds is 6. The van der Waals surface area contributed by atoms with Gasteiger partial charge in [0.1, 0.15) is 0 Å². The van der Waals surface area contributed by atoms with E-state index in [1.165, 1.54) is 12.1 Å². The zero-order chi connectivity index (χ0) is 17.4. The Morgan fingerprint density at radius 2 is 2.00 bits per heavy atom. The van der Waals surface area contributed by atoms with E-state index < -0.39 is 5.82 Å².